The monoisotopic (exact) mass is 256 g/mol. The van der Waals surface area contributed by atoms with E-state index in [9.17, 15) is 9.90 Å². The van der Waals surface area contributed by atoms with Crippen LogP contribution in [0.3, 0.4) is 0 Å². The van der Waals surface area contributed by atoms with Gasteiger partial charge in [0.15, 0.2) is 0 Å². The van der Waals surface area contributed by atoms with E-state index in [1.165, 1.54) is 19.1 Å². The first kappa shape index (κ1) is 15.1. The van der Waals surface area contributed by atoms with Gasteiger partial charge in [-0.1, -0.05) is 23.2 Å². The van der Waals surface area contributed by atoms with Crippen LogP contribution in [0.25, 0.3) is 0 Å². The third kappa shape index (κ3) is 4.62. The number of carbonyl (C=O) groups is 1. The SMILES string of the molecule is C[C@H](Oc1ccc(Cl)cc1Cl)C(=O)[O-].[Na+]. The number of benzene rings is 1. The topological polar surface area (TPSA) is 49.4 Å². The first-order valence-electron chi connectivity index (χ1n) is 3.83. The molecule has 0 unspecified atom stereocenters. The van der Waals surface area contributed by atoms with Crippen LogP contribution in [-0.2, 0) is 4.79 Å². The zero-order valence-corrected chi connectivity index (χ0v) is 11.8. The maximum Gasteiger partial charge on any atom is 1.00 e. The Morgan fingerprint density at radius 2 is 2.07 bits per heavy atom. The number of carbonyl (C=O) groups excluding carboxylic acids is 1. The number of carboxylic acids is 1. The summed E-state index contributed by atoms with van der Waals surface area (Å²) in [6, 6.07) is 4.54. The Balaban J connectivity index is 0.00000196. The van der Waals surface area contributed by atoms with E-state index in [4.69, 9.17) is 27.9 Å². The van der Waals surface area contributed by atoms with Gasteiger partial charge in [-0.25, -0.2) is 0 Å². The molecule has 0 saturated carbocycles. The summed E-state index contributed by atoms with van der Waals surface area (Å²) < 4.78 is 5.01. The molecular weight excluding hydrogens is 250 g/mol. The van der Waals surface area contributed by atoms with Crippen molar-refractivity contribution in [1.82, 2.24) is 0 Å². The molecule has 1 aromatic carbocycles. The van der Waals surface area contributed by atoms with Crippen LogP contribution in [0, 0.1) is 0 Å². The van der Waals surface area contributed by atoms with Gasteiger partial charge in [-0.3, -0.25) is 0 Å². The van der Waals surface area contributed by atoms with Gasteiger partial charge in [-0.15, -0.1) is 0 Å². The number of halogens is 2. The third-order valence-corrected chi connectivity index (χ3v) is 2.06. The van der Waals surface area contributed by atoms with Crippen molar-refractivity contribution >= 4 is 29.2 Å². The number of hydrogen-bond acceptors (Lipinski definition) is 3. The first-order chi connectivity index (χ1) is 6.50. The Bertz CT molecular complexity index is 357. The molecule has 0 spiro atoms. The summed E-state index contributed by atoms with van der Waals surface area (Å²) in [5, 5.41) is 11.1. The third-order valence-electron chi connectivity index (χ3n) is 1.53. The molecule has 76 valence electrons. The predicted molar refractivity (Wildman–Crippen MR) is 51.6 cm³/mol. The van der Waals surface area contributed by atoms with E-state index in [1.807, 2.05) is 0 Å². The van der Waals surface area contributed by atoms with Gasteiger partial charge in [-0.05, 0) is 25.1 Å². The minimum absolute atomic E-state index is 0. The van der Waals surface area contributed by atoms with E-state index in [2.05, 4.69) is 0 Å². The first-order valence-corrected chi connectivity index (χ1v) is 4.59. The molecule has 0 radical (unpaired) electrons. The summed E-state index contributed by atoms with van der Waals surface area (Å²) in [4.78, 5) is 10.4. The van der Waals surface area contributed by atoms with Crippen molar-refractivity contribution in [3.8, 4) is 5.75 Å². The molecule has 0 amide bonds. The number of ether oxygens (including phenoxy) is 1. The van der Waals surface area contributed by atoms with Crippen molar-refractivity contribution in [2.75, 3.05) is 0 Å². The fourth-order valence-electron chi connectivity index (χ4n) is 0.809. The molecule has 6 heteroatoms. The Kier molecular flexibility index (Phi) is 6.64. The Morgan fingerprint density at radius 1 is 1.47 bits per heavy atom. The molecule has 0 aliphatic carbocycles. The van der Waals surface area contributed by atoms with Gasteiger partial charge in [0.25, 0.3) is 0 Å². The molecule has 0 bridgehead atoms. The standard InChI is InChI=1S/C9H8Cl2O3.Na/c1-5(9(12)13)14-8-3-2-6(10)4-7(8)11;/h2-5H,1H3,(H,12,13);/q;+1/p-1/t5-;/m0./s1. The summed E-state index contributed by atoms with van der Waals surface area (Å²) in [7, 11) is 0. The second-order valence-corrected chi connectivity index (χ2v) is 3.50. The van der Waals surface area contributed by atoms with Crippen molar-refractivity contribution in [2.45, 2.75) is 13.0 Å². The molecule has 0 heterocycles. The smallest absolute Gasteiger partial charge is 0.546 e. The number of rotatable bonds is 3. The van der Waals surface area contributed by atoms with E-state index in [0.717, 1.165) is 0 Å². The zero-order valence-electron chi connectivity index (χ0n) is 8.29. The fourth-order valence-corrected chi connectivity index (χ4v) is 1.26. The van der Waals surface area contributed by atoms with Gasteiger partial charge < -0.3 is 14.6 Å². The fraction of sp³-hybridized carbons (Fsp3) is 0.222. The molecule has 0 saturated heterocycles. The summed E-state index contributed by atoms with van der Waals surface area (Å²) in [5.74, 6) is -1.02. The molecule has 0 N–H and O–H groups in total. The van der Waals surface area contributed by atoms with Gasteiger partial charge in [0.05, 0.1) is 11.0 Å². The molecule has 0 aliphatic heterocycles. The van der Waals surface area contributed by atoms with Crippen LogP contribution in [-0.4, -0.2) is 12.1 Å². The Labute approximate surface area is 120 Å². The van der Waals surface area contributed by atoms with E-state index in [0.29, 0.717) is 5.02 Å². The maximum atomic E-state index is 10.4. The van der Waals surface area contributed by atoms with E-state index in [1.54, 1.807) is 6.07 Å². The average molecular weight is 257 g/mol. The van der Waals surface area contributed by atoms with Crippen LogP contribution in [0.5, 0.6) is 5.75 Å². The van der Waals surface area contributed by atoms with Crippen LogP contribution < -0.4 is 39.4 Å². The van der Waals surface area contributed by atoms with Crippen LogP contribution in [0.15, 0.2) is 18.2 Å². The quantitative estimate of drug-likeness (QED) is 0.620. The van der Waals surface area contributed by atoms with Crippen LogP contribution in [0.1, 0.15) is 6.92 Å². The molecule has 1 atom stereocenters. The molecule has 0 fully saturated rings. The Morgan fingerprint density at radius 3 is 2.53 bits per heavy atom. The van der Waals surface area contributed by atoms with E-state index in [-0.39, 0.29) is 40.3 Å². The van der Waals surface area contributed by atoms with Crippen molar-refractivity contribution < 1.29 is 44.2 Å². The summed E-state index contributed by atoms with van der Waals surface area (Å²) >= 11 is 11.4. The van der Waals surface area contributed by atoms with Gasteiger partial charge in [0.1, 0.15) is 11.9 Å². The van der Waals surface area contributed by atoms with Gasteiger partial charge in [0, 0.05) is 5.02 Å². The number of aliphatic carboxylic acids is 1. The number of hydrogen-bond donors (Lipinski definition) is 0. The van der Waals surface area contributed by atoms with Crippen LogP contribution in [0.2, 0.25) is 10.0 Å². The molecule has 1 aromatic rings. The van der Waals surface area contributed by atoms with Gasteiger partial charge in [0.2, 0.25) is 0 Å². The van der Waals surface area contributed by atoms with Gasteiger partial charge in [-0.2, -0.15) is 0 Å². The predicted octanol–water partition coefficient (Wildman–Crippen LogP) is -1.49. The van der Waals surface area contributed by atoms with Crippen molar-refractivity contribution in [1.29, 1.82) is 0 Å². The molecule has 15 heavy (non-hydrogen) atoms. The molecule has 0 aromatic heterocycles. The average Bonchev–Trinajstić information content (AvgIpc) is 2.09. The van der Waals surface area contributed by atoms with E-state index >= 15 is 0 Å². The molecule has 1 rings (SSSR count). The van der Waals surface area contributed by atoms with Crippen molar-refractivity contribution in [3.05, 3.63) is 28.2 Å². The molecule has 0 aliphatic rings. The normalized spacial score (nSPS) is 11.4. The zero-order chi connectivity index (χ0) is 10.7. The maximum absolute atomic E-state index is 10.4. The largest absolute Gasteiger partial charge is 1.00 e. The summed E-state index contributed by atoms with van der Waals surface area (Å²) in [6.07, 6.45) is -1.05. The van der Waals surface area contributed by atoms with Gasteiger partial charge >= 0.3 is 29.6 Å². The minimum Gasteiger partial charge on any atom is -0.546 e. The second-order valence-electron chi connectivity index (χ2n) is 2.65. The molecular formula is C9H7Cl2NaO3. The second kappa shape index (κ2) is 6.61. The summed E-state index contributed by atoms with van der Waals surface area (Å²) in [6.45, 7) is 1.36. The summed E-state index contributed by atoms with van der Waals surface area (Å²) in [5.41, 5.74) is 0. The van der Waals surface area contributed by atoms with Crippen LogP contribution >= 0.6 is 23.2 Å². The van der Waals surface area contributed by atoms with Crippen molar-refractivity contribution in [2.24, 2.45) is 0 Å². The van der Waals surface area contributed by atoms with E-state index < -0.39 is 12.1 Å². The molecule has 3 nitrogen and oxygen atoms in total. The number of carboxylic acid groups (broad SMARTS) is 1. The van der Waals surface area contributed by atoms with Crippen molar-refractivity contribution in [3.63, 3.8) is 0 Å². The van der Waals surface area contributed by atoms with Crippen LogP contribution in [0.4, 0.5) is 0 Å². The minimum atomic E-state index is -1.30. The Hall–Kier alpha value is 0.0700.